The topological polar surface area (TPSA) is 37.4 Å². The van der Waals surface area contributed by atoms with Gasteiger partial charge in [-0.05, 0) is 37.3 Å². The van der Waals surface area contributed by atoms with Crippen molar-refractivity contribution < 1.29 is 4.74 Å². The summed E-state index contributed by atoms with van der Waals surface area (Å²) < 4.78 is 5.41. The Balaban J connectivity index is 1.91. The first-order chi connectivity index (χ1) is 9.29. The summed E-state index contributed by atoms with van der Waals surface area (Å²) in [6, 6.07) is 6.18. The lowest BCUT2D eigenvalue weighted by molar-refractivity contribution is 0.0685. The van der Waals surface area contributed by atoms with Gasteiger partial charge in [-0.3, -0.25) is 0 Å². The van der Waals surface area contributed by atoms with Crippen LogP contribution in [-0.4, -0.2) is 38.3 Å². The molecule has 2 rings (SSSR count). The molecule has 1 aliphatic rings. The Labute approximate surface area is 116 Å². The summed E-state index contributed by atoms with van der Waals surface area (Å²) in [7, 11) is 2.13. The minimum absolute atomic E-state index is 0.729. The lowest BCUT2D eigenvalue weighted by atomic mass is 10.00. The highest BCUT2D eigenvalue weighted by atomic mass is 16.5. The van der Waals surface area contributed by atoms with Gasteiger partial charge >= 0.3 is 0 Å². The Hall–Kier alpha value is -1.29. The van der Waals surface area contributed by atoms with Crippen LogP contribution in [0.4, 0.5) is 11.6 Å². The van der Waals surface area contributed by atoms with E-state index in [2.05, 4.69) is 41.3 Å². The smallest absolute Gasteiger partial charge is 0.130 e. The van der Waals surface area contributed by atoms with Crippen LogP contribution < -0.4 is 10.2 Å². The van der Waals surface area contributed by atoms with E-state index >= 15 is 0 Å². The third kappa shape index (κ3) is 4.39. The van der Waals surface area contributed by atoms with Crippen LogP contribution >= 0.6 is 0 Å². The van der Waals surface area contributed by atoms with E-state index in [1.165, 1.54) is 0 Å². The summed E-state index contributed by atoms with van der Waals surface area (Å²) in [6.07, 6.45) is 3.44. The molecule has 0 amide bonds. The molecule has 0 bridgehead atoms. The third-order valence-corrected chi connectivity index (χ3v) is 3.55. The number of hydrogen-bond donors (Lipinski definition) is 1. The fourth-order valence-corrected chi connectivity index (χ4v) is 2.40. The summed E-state index contributed by atoms with van der Waals surface area (Å²) in [5.41, 5.74) is 0. The highest BCUT2D eigenvalue weighted by Gasteiger charge is 2.16. The Kier molecular flexibility index (Phi) is 5.45. The van der Waals surface area contributed by atoms with Gasteiger partial charge in [-0.2, -0.15) is 0 Å². The molecule has 4 nitrogen and oxygen atoms in total. The predicted molar refractivity (Wildman–Crippen MR) is 79.8 cm³/mol. The second-order valence-electron chi connectivity index (χ2n) is 5.24. The second-order valence-corrected chi connectivity index (χ2v) is 5.24. The number of ether oxygens (including phenoxy) is 1. The quantitative estimate of drug-likeness (QED) is 0.856. The Morgan fingerprint density at radius 2 is 2.16 bits per heavy atom. The molecule has 0 aromatic carbocycles. The number of hydrogen-bond acceptors (Lipinski definition) is 4. The molecule has 1 N–H and O–H groups in total. The largest absolute Gasteiger partial charge is 0.381 e. The monoisotopic (exact) mass is 263 g/mol. The molecule has 0 aliphatic carbocycles. The van der Waals surface area contributed by atoms with Crippen LogP contribution in [0.15, 0.2) is 18.2 Å². The summed E-state index contributed by atoms with van der Waals surface area (Å²) >= 11 is 0. The average molecular weight is 263 g/mol. The van der Waals surface area contributed by atoms with Gasteiger partial charge in [0.1, 0.15) is 11.6 Å². The van der Waals surface area contributed by atoms with Gasteiger partial charge in [0.15, 0.2) is 0 Å². The van der Waals surface area contributed by atoms with Crippen molar-refractivity contribution in [2.45, 2.75) is 26.2 Å². The van der Waals surface area contributed by atoms with Crippen LogP contribution in [0.3, 0.4) is 0 Å². The fourth-order valence-electron chi connectivity index (χ4n) is 2.40. The van der Waals surface area contributed by atoms with Crippen molar-refractivity contribution in [2.75, 3.05) is 43.6 Å². The van der Waals surface area contributed by atoms with Gasteiger partial charge in [0, 0.05) is 33.4 Å². The molecule has 0 radical (unpaired) electrons. The number of rotatable bonds is 6. The lowest BCUT2D eigenvalue weighted by Gasteiger charge is -2.28. The van der Waals surface area contributed by atoms with E-state index in [1.807, 2.05) is 6.07 Å². The molecule has 0 saturated carbocycles. The standard InChI is InChI=1S/C15H25N3O/c1-3-9-16-14-5-4-6-15(17-14)18(2)12-13-7-10-19-11-8-13/h4-6,13H,3,7-12H2,1-2H3,(H,16,17). The molecule has 0 unspecified atom stereocenters. The highest BCUT2D eigenvalue weighted by molar-refractivity contribution is 5.46. The number of nitrogens with one attached hydrogen (secondary N) is 1. The maximum atomic E-state index is 5.41. The first kappa shape index (κ1) is 14.1. The first-order valence-electron chi connectivity index (χ1n) is 7.29. The Morgan fingerprint density at radius 1 is 1.37 bits per heavy atom. The minimum Gasteiger partial charge on any atom is -0.381 e. The predicted octanol–water partition coefficient (Wildman–Crippen LogP) is 2.77. The minimum atomic E-state index is 0.729. The molecular weight excluding hydrogens is 238 g/mol. The maximum Gasteiger partial charge on any atom is 0.130 e. The van der Waals surface area contributed by atoms with Gasteiger partial charge in [-0.25, -0.2) is 4.98 Å². The van der Waals surface area contributed by atoms with Gasteiger partial charge in [-0.15, -0.1) is 0 Å². The number of pyridine rings is 1. The van der Waals surface area contributed by atoms with Crippen LogP contribution in [0.5, 0.6) is 0 Å². The van der Waals surface area contributed by atoms with E-state index in [0.717, 1.165) is 63.1 Å². The summed E-state index contributed by atoms with van der Waals surface area (Å²) in [4.78, 5) is 6.92. The number of anilines is 2. The number of aromatic nitrogens is 1. The molecule has 1 saturated heterocycles. The molecule has 0 atom stereocenters. The van der Waals surface area contributed by atoms with E-state index in [0.29, 0.717) is 0 Å². The molecule has 2 heterocycles. The van der Waals surface area contributed by atoms with Crippen LogP contribution in [-0.2, 0) is 4.74 Å². The zero-order valence-electron chi connectivity index (χ0n) is 12.1. The van der Waals surface area contributed by atoms with Crippen molar-refractivity contribution in [3.05, 3.63) is 18.2 Å². The average Bonchev–Trinajstić information content (AvgIpc) is 2.46. The molecule has 0 spiro atoms. The SMILES string of the molecule is CCCNc1cccc(N(C)CC2CCOCC2)n1. The van der Waals surface area contributed by atoms with Gasteiger partial charge in [-0.1, -0.05) is 13.0 Å². The van der Waals surface area contributed by atoms with Crippen molar-refractivity contribution >= 4 is 11.6 Å². The zero-order chi connectivity index (χ0) is 13.5. The van der Waals surface area contributed by atoms with E-state index in [1.54, 1.807) is 0 Å². The van der Waals surface area contributed by atoms with Gasteiger partial charge < -0.3 is 15.0 Å². The molecule has 1 aliphatic heterocycles. The maximum absolute atomic E-state index is 5.41. The van der Waals surface area contributed by atoms with E-state index < -0.39 is 0 Å². The van der Waals surface area contributed by atoms with E-state index in [-0.39, 0.29) is 0 Å². The van der Waals surface area contributed by atoms with Crippen molar-refractivity contribution in [3.8, 4) is 0 Å². The number of nitrogens with zero attached hydrogens (tertiary/aromatic N) is 2. The van der Waals surface area contributed by atoms with Crippen molar-refractivity contribution in [1.29, 1.82) is 0 Å². The Morgan fingerprint density at radius 3 is 2.89 bits per heavy atom. The zero-order valence-corrected chi connectivity index (χ0v) is 12.1. The Bertz CT molecular complexity index is 377. The molecule has 106 valence electrons. The van der Waals surface area contributed by atoms with Crippen LogP contribution in [0.2, 0.25) is 0 Å². The molecular formula is C15H25N3O. The summed E-state index contributed by atoms with van der Waals surface area (Å²) in [6.45, 7) is 6.01. The van der Waals surface area contributed by atoms with Crippen LogP contribution in [0, 0.1) is 5.92 Å². The normalized spacial score (nSPS) is 16.3. The molecule has 4 heteroatoms. The fraction of sp³-hybridized carbons (Fsp3) is 0.667. The summed E-state index contributed by atoms with van der Waals surface area (Å²) in [5, 5.41) is 3.34. The molecule has 1 aromatic rings. The first-order valence-corrected chi connectivity index (χ1v) is 7.29. The molecule has 1 fully saturated rings. The van der Waals surface area contributed by atoms with Crippen LogP contribution in [0.25, 0.3) is 0 Å². The van der Waals surface area contributed by atoms with E-state index in [9.17, 15) is 0 Å². The second kappa shape index (κ2) is 7.34. The van der Waals surface area contributed by atoms with Gasteiger partial charge in [0.25, 0.3) is 0 Å². The van der Waals surface area contributed by atoms with E-state index in [4.69, 9.17) is 4.74 Å². The van der Waals surface area contributed by atoms with Crippen molar-refractivity contribution in [2.24, 2.45) is 5.92 Å². The van der Waals surface area contributed by atoms with Gasteiger partial charge in [0.2, 0.25) is 0 Å². The van der Waals surface area contributed by atoms with Gasteiger partial charge in [0.05, 0.1) is 0 Å². The lowest BCUT2D eigenvalue weighted by Crippen LogP contribution is -2.30. The molecule has 19 heavy (non-hydrogen) atoms. The van der Waals surface area contributed by atoms with Crippen molar-refractivity contribution in [3.63, 3.8) is 0 Å². The molecule has 1 aromatic heterocycles. The summed E-state index contributed by atoms with van der Waals surface area (Å²) in [5.74, 6) is 2.75. The van der Waals surface area contributed by atoms with Crippen molar-refractivity contribution in [1.82, 2.24) is 4.98 Å². The highest BCUT2D eigenvalue weighted by Crippen LogP contribution is 2.19. The van der Waals surface area contributed by atoms with Crippen LogP contribution in [0.1, 0.15) is 26.2 Å². The third-order valence-electron chi connectivity index (χ3n) is 3.55.